The van der Waals surface area contributed by atoms with Crippen molar-refractivity contribution in [3.8, 4) is 0 Å². The van der Waals surface area contributed by atoms with Crippen LogP contribution in [0.4, 0.5) is 0 Å². The minimum absolute atomic E-state index is 0. The first-order chi connectivity index (χ1) is 13.7. The van der Waals surface area contributed by atoms with Crippen molar-refractivity contribution in [2.75, 3.05) is 59.9 Å². The van der Waals surface area contributed by atoms with Crippen LogP contribution in [0.2, 0.25) is 0 Å². The molecule has 2 heterocycles. The van der Waals surface area contributed by atoms with Gasteiger partial charge in [-0.3, -0.25) is 4.99 Å². The molecule has 2 aromatic rings. The van der Waals surface area contributed by atoms with Crippen LogP contribution in [0.15, 0.2) is 29.4 Å². The number of likely N-dealkylation sites (N-methyl/N-ethyl adjacent to an activating group) is 1. The van der Waals surface area contributed by atoms with Crippen LogP contribution in [0, 0.1) is 6.92 Å². The van der Waals surface area contributed by atoms with Gasteiger partial charge in [0, 0.05) is 63.4 Å². The van der Waals surface area contributed by atoms with Gasteiger partial charge in [-0.2, -0.15) is 0 Å². The quantitative estimate of drug-likeness (QED) is 0.221. The van der Waals surface area contributed by atoms with Crippen molar-refractivity contribution in [1.29, 1.82) is 0 Å². The van der Waals surface area contributed by atoms with E-state index in [9.17, 15) is 0 Å². The monoisotopic (exact) mass is 512 g/mol. The second-order valence-corrected chi connectivity index (χ2v) is 7.89. The smallest absolute Gasteiger partial charge is 0.190 e. The van der Waals surface area contributed by atoms with E-state index in [0.29, 0.717) is 0 Å². The highest BCUT2D eigenvalue weighted by Gasteiger charge is 2.12. The van der Waals surface area contributed by atoms with Gasteiger partial charge in [0.25, 0.3) is 0 Å². The number of fused-ring (bicyclic) bond motifs is 1. The summed E-state index contributed by atoms with van der Waals surface area (Å²) in [5, 5.41) is 8.20. The van der Waals surface area contributed by atoms with E-state index >= 15 is 0 Å². The van der Waals surface area contributed by atoms with Crippen LogP contribution in [-0.4, -0.2) is 80.7 Å². The van der Waals surface area contributed by atoms with Crippen molar-refractivity contribution in [2.45, 2.75) is 26.2 Å². The molecule has 1 aromatic carbocycles. The highest BCUT2D eigenvalue weighted by molar-refractivity contribution is 14.0. The second-order valence-electron chi connectivity index (χ2n) is 7.89. The SMILES string of the molecule is CN=C(NCCCCN1CCN(C)CC1)NCCc1c[nH]c2cc(C)ccc12.I. The van der Waals surface area contributed by atoms with Crippen molar-refractivity contribution < 1.29 is 0 Å². The fourth-order valence-electron chi connectivity index (χ4n) is 3.78. The Morgan fingerprint density at radius 3 is 2.62 bits per heavy atom. The topological polar surface area (TPSA) is 58.7 Å². The van der Waals surface area contributed by atoms with E-state index in [0.717, 1.165) is 25.5 Å². The molecule has 6 nitrogen and oxygen atoms in total. The summed E-state index contributed by atoms with van der Waals surface area (Å²) in [5.74, 6) is 0.898. The lowest BCUT2D eigenvalue weighted by Crippen LogP contribution is -2.44. The van der Waals surface area contributed by atoms with Crippen molar-refractivity contribution in [1.82, 2.24) is 25.4 Å². The second kappa shape index (κ2) is 12.4. The van der Waals surface area contributed by atoms with Crippen LogP contribution in [0.3, 0.4) is 0 Å². The third-order valence-electron chi connectivity index (χ3n) is 5.62. The summed E-state index contributed by atoms with van der Waals surface area (Å²) < 4.78 is 0. The van der Waals surface area contributed by atoms with Crippen LogP contribution in [-0.2, 0) is 6.42 Å². The number of aromatic amines is 1. The predicted octanol–water partition coefficient (Wildman–Crippen LogP) is 2.83. The predicted molar refractivity (Wildman–Crippen MR) is 135 cm³/mol. The molecule has 0 unspecified atom stereocenters. The van der Waals surface area contributed by atoms with E-state index in [1.54, 1.807) is 0 Å². The summed E-state index contributed by atoms with van der Waals surface area (Å²) >= 11 is 0. The van der Waals surface area contributed by atoms with Crippen LogP contribution < -0.4 is 10.6 Å². The average Bonchev–Trinajstić information content (AvgIpc) is 3.09. The third-order valence-corrected chi connectivity index (χ3v) is 5.62. The number of aryl methyl sites for hydroxylation is 1. The number of guanidine groups is 1. The fraction of sp³-hybridized carbons (Fsp3) is 0.591. The first-order valence-corrected chi connectivity index (χ1v) is 10.6. The first kappa shape index (κ1) is 24.0. The van der Waals surface area contributed by atoms with Gasteiger partial charge in [0.1, 0.15) is 0 Å². The molecule has 1 aliphatic heterocycles. The van der Waals surface area contributed by atoms with Gasteiger partial charge in [-0.05, 0) is 57.0 Å². The lowest BCUT2D eigenvalue weighted by Gasteiger charge is -2.32. The molecule has 1 saturated heterocycles. The molecule has 1 aliphatic rings. The van der Waals surface area contributed by atoms with E-state index in [1.165, 1.54) is 67.6 Å². The molecule has 162 valence electrons. The Labute approximate surface area is 192 Å². The number of nitrogens with one attached hydrogen (secondary N) is 3. The number of aromatic nitrogens is 1. The fourth-order valence-corrected chi connectivity index (χ4v) is 3.78. The van der Waals surface area contributed by atoms with Gasteiger partial charge in [0.15, 0.2) is 5.96 Å². The summed E-state index contributed by atoms with van der Waals surface area (Å²) in [7, 11) is 4.05. The number of nitrogens with zero attached hydrogens (tertiary/aromatic N) is 3. The zero-order chi connectivity index (χ0) is 19.8. The Hall–Kier alpha value is -1.32. The van der Waals surface area contributed by atoms with Gasteiger partial charge in [-0.1, -0.05) is 12.1 Å². The van der Waals surface area contributed by atoms with E-state index in [2.05, 4.69) is 68.8 Å². The molecule has 1 aromatic heterocycles. The molecular formula is C22H37IN6. The molecule has 0 aliphatic carbocycles. The minimum Gasteiger partial charge on any atom is -0.361 e. The van der Waals surface area contributed by atoms with E-state index in [4.69, 9.17) is 0 Å². The molecule has 3 N–H and O–H groups in total. The number of piperazine rings is 1. The van der Waals surface area contributed by atoms with Gasteiger partial charge >= 0.3 is 0 Å². The number of hydrogen-bond acceptors (Lipinski definition) is 3. The highest BCUT2D eigenvalue weighted by Crippen LogP contribution is 2.19. The zero-order valence-electron chi connectivity index (χ0n) is 18.1. The van der Waals surface area contributed by atoms with Crippen molar-refractivity contribution in [2.24, 2.45) is 4.99 Å². The highest BCUT2D eigenvalue weighted by atomic mass is 127. The van der Waals surface area contributed by atoms with Crippen molar-refractivity contribution in [3.05, 3.63) is 35.5 Å². The molecule has 3 rings (SSSR count). The maximum absolute atomic E-state index is 4.35. The van der Waals surface area contributed by atoms with Gasteiger partial charge in [-0.25, -0.2) is 0 Å². The summed E-state index contributed by atoms with van der Waals surface area (Å²) in [6.45, 7) is 10.0. The van der Waals surface area contributed by atoms with Gasteiger partial charge in [-0.15, -0.1) is 24.0 Å². The van der Waals surface area contributed by atoms with Crippen LogP contribution in [0.25, 0.3) is 10.9 Å². The maximum atomic E-state index is 4.35. The number of hydrogen-bond donors (Lipinski definition) is 3. The van der Waals surface area contributed by atoms with Crippen molar-refractivity contribution >= 4 is 40.8 Å². The molecule has 0 radical (unpaired) electrons. The largest absolute Gasteiger partial charge is 0.361 e. The van der Waals surface area contributed by atoms with Gasteiger partial charge in [0.05, 0.1) is 0 Å². The van der Waals surface area contributed by atoms with E-state index in [-0.39, 0.29) is 24.0 Å². The Morgan fingerprint density at radius 1 is 1.10 bits per heavy atom. The van der Waals surface area contributed by atoms with Gasteiger partial charge in [0.2, 0.25) is 0 Å². The molecule has 0 atom stereocenters. The molecule has 0 bridgehead atoms. The molecule has 0 amide bonds. The number of aliphatic imine (C=N–C) groups is 1. The molecule has 1 fully saturated rings. The van der Waals surface area contributed by atoms with E-state index < -0.39 is 0 Å². The molecular weight excluding hydrogens is 475 g/mol. The van der Waals surface area contributed by atoms with E-state index in [1.807, 2.05) is 7.05 Å². The normalized spacial score (nSPS) is 16.0. The molecule has 0 saturated carbocycles. The Balaban J connectivity index is 0.00000300. The van der Waals surface area contributed by atoms with Gasteiger partial charge < -0.3 is 25.4 Å². The van der Waals surface area contributed by atoms with Crippen molar-refractivity contribution in [3.63, 3.8) is 0 Å². The maximum Gasteiger partial charge on any atom is 0.190 e. The summed E-state index contributed by atoms with van der Waals surface area (Å²) in [4.78, 5) is 12.7. The molecule has 0 spiro atoms. The lowest BCUT2D eigenvalue weighted by atomic mass is 10.1. The Bertz CT molecular complexity index is 764. The van der Waals surface area contributed by atoms with Crippen LogP contribution in [0.5, 0.6) is 0 Å². The van der Waals surface area contributed by atoms with Crippen LogP contribution in [0.1, 0.15) is 24.0 Å². The summed E-state index contributed by atoms with van der Waals surface area (Å²) in [5.41, 5.74) is 3.86. The molecule has 7 heteroatoms. The third kappa shape index (κ3) is 7.46. The Kier molecular flexibility index (Phi) is 10.2. The number of rotatable bonds is 8. The van der Waals surface area contributed by atoms with Crippen LogP contribution >= 0.6 is 24.0 Å². The average molecular weight is 512 g/mol. The summed E-state index contributed by atoms with van der Waals surface area (Å²) in [6.07, 6.45) is 5.52. The zero-order valence-corrected chi connectivity index (χ0v) is 20.5. The number of H-pyrrole nitrogens is 1. The Morgan fingerprint density at radius 2 is 1.86 bits per heavy atom. The number of halogens is 1. The lowest BCUT2D eigenvalue weighted by molar-refractivity contribution is 0.152. The minimum atomic E-state index is 0. The number of benzene rings is 1. The summed E-state index contributed by atoms with van der Waals surface area (Å²) in [6, 6.07) is 6.59. The standard InChI is InChI=1S/C22H36N6.HI/c1-18-6-7-20-19(17-26-21(20)16-18)8-10-25-22(23-2)24-9-4-5-11-28-14-12-27(3)13-15-28;/h6-7,16-17,26H,4-5,8-15H2,1-3H3,(H2,23,24,25);1H. The number of unbranched alkanes of at least 4 members (excludes halogenated alkanes) is 1. The first-order valence-electron chi connectivity index (χ1n) is 10.6. The molecule has 29 heavy (non-hydrogen) atoms.